The fraction of sp³-hybridized carbons (Fsp3) is 0.214. The van der Waals surface area contributed by atoms with Gasteiger partial charge in [0.1, 0.15) is 0 Å². The highest BCUT2D eigenvalue weighted by Gasteiger charge is 2.03. The van der Waals surface area contributed by atoms with Crippen LogP contribution in [0, 0.1) is 0 Å². The van der Waals surface area contributed by atoms with E-state index in [-0.39, 0.29) is 5.91 Å². The van der Waals surface area contributed by atoms with E-state index in [9.17, 15) is 4.79 Å². The average Bonchev–Trinajstić information content (AvgIpc) is 2.81. The van der Waals surface area contributed by atoms with Crippen LogP contribution < -0.4 is 11.1 Å². The van der Waals surface area contributed by atoms with Crippen LogP contribution in [0.1, 0.15) is 16.9 Å². The number of amides is 1. The van der Waals surface area contributed by atoms with Crippen LogP contribution in [0.15, 0.2) is 40.2 Å². The first kappa shape index (κ1) is 14.1. The number of nitrogen functional groups attached to an aromatic ring is 1. The minimum Gasteiger partial charge on any atom is -0.399 e. The van der Waals surface area contributed by atoms with Crippen molar-refractivity contribution in [3.05, 3.63) is 50.6 Å². The number of hydrogen-bond acceptors (Lipinski definition) is 3. The average molecular weight is 339 g/mol. The molecule has 1 heterocycles. The van der Waals surface area contributed by atoms with Crippen molar-refractivity contribution in [2.45, 2.75) is 19.4 Å². The molecule has 0 fully saturated rings. The van der Waals surface area contributed by atoms with Gasteiger partial charge in [-0.3, -0.25) is 4.79 Å². The number of aryl methyl sites for hydroxylation is 1. The Labute approximate surface area is 125 Å². The van der Waals surface area contributed by atoms with Gasteiger partial charge < -0.3 is 11.1 Å². The number of halogens is 1. The zero-order valence-corrected chi connectivity index (χ0v) is 12.8. The maximum absolute atomic E-state index is 11.7. The van der Waals surface area contributed by atoms with Crippen molar-refractivity contribution in [2.75, 3.05) is 5.73 Å². The van der Waals surface area contributed by atoms with Crippen LogP contribution in [0.4, 0.5) is 5.69 Å². The predicted octanol–water partition coefficient (Wildman–Crippen LogP) is 3.34. The molecule has 0 spiro atoms. The van der Waals surface area contributed by atoms with Crippen LogP contribution in [-0.4, -0.2) is 5.91 Å². The first-order valence-electron chi connectivity index (χ1n) is 5.97. The fourth-order valence-electron chi connectivity index (χ4n) is 1.66. The van der Waals surface area contributed by atoms with Crippen LogP contribution in [-0.2, 0) is 17.8 Å². The summed E-state index contributed by atoms with van der Waals surface area (Å²) >= 11 is 5.03. The molecule has 0 aliphatic rings. The van der Waals surface area contributed by atoms with Gasteiger partial charge in [-0.2, -0.15) is 0 Å². The van der Waals surface area contributed by atoms with Gasteiger partial charge in [-0.25, -0.2) is 0 Å². The Morgan fingerprint density at radius 3 is 2.68 bits per heavy atom. The number of carbonyl (C=O) groups excluding carboxylic acids is 1. The summed E-state index contributed by atoms with van der Waals surface area (Å²) in [6.07, 6.45) is 1.23. The second kappa shape index (κ2) is 6.73. The van der Waals surface area contributed by atoms with Crippen molar-refractivity contribution in [3.63, 3.8) is 0 Å². The minimum absolute atomic E-state index is 0.0707. The molecule has 0 atom stereocenters. The van der Waals surface area contributed by atoms with Crippen LogP contribution >= 0.6 is 27.3 Å². The summed E-state index contributed by atoms with van der Waals surface area (Å²) < 4.78 is 1.06. The lowest BCUT2D eigenvalue weighted by Crippen LogP contribution is -2.22. The van der Waals surface area contributed by atoms with E-state index in [1.165, 1.54) is 0 Å². The van der Waals surface area contributed by atoms with E-state index in [0.717, 1.165) is 27.0 Å². The number of anilines is 1. The Bertz CT molecular complexity index is 551. The minimum atomic E-state index is 0.0707. The quantitative estimate of drug-likeness (QED) is 0.821. The van der Waals surface area contributed by atoms with Crippen LogP contribution in [0.2, 0.25) is 0 Å². The third-order valence-corrected chi connectivity index (χ3v) is 4.40. The molecule has 19 heavy (non-hydrogen) atoms. The zero-order chi connectivity index (χ0) is 13.7. The first-order chi connectivity index (χ1) is 9.13. The summed E-state index contributed by atoms with van der Waals surface area (Å²) in [5, 5.41) is 4.93. The molecule has 0 aliphatic heterocycles. The maximum Gasteiger partial charge on any atom is 0.220 e. The van der Waals surface area contributed by atoms with E-state index in [4.69, 9.17) is 5.73 Å². The van der Waals surface area contributed by atoms with Gasteiger partial charge in [0.05, 0.1) is 6.54 Å². The number of thiophene rings is 1. The van der Waals surface area contributed by atoms with Crippen molar-refractivity contribution in [1.82, 2.24) is 5.32 Å². The van der Waals surface area contributed by atoms with Crippen LogP contribution in [0.25, 0.3) is 0 Å². The molecule has 0 unspecified atom stereocenters. The summed E-state index contributed by atoms with van der Waals surface area (Å²) in [5.41, 5.74) is 7.49. The number of rotatable bonds is 5. The number of benzene rings is 1. The third-order valence-electron chi connectivity index (χ3n) is 2.70. The van der Waals surface area contributed by atoms with E-state index >= 15 is 0 Å². The van der Waals surface area contributed by atoms with Crippen molar-refractivity contribution in [2.24, 2.45) is 0 Å². The lowest BCUT2D eigenvalue weighted by Gasteiger charge is -2.04. The SMILES string of the molecule is Nc1ccc(CCC(=O)NCc2cc(Br)cs2)cc1. The number of nitrogens with one attached hydrogen (secondary N) is 1. The summed E-state index contributed by atoms with van der Waals surface area (Å²) in [5.74, 6) is 0.0707. The first-order valence-corrected chi connectivity index (χ1v) is 7.65. The molecule has 1 aromatic heterocycles. The summed E-state index contributed by atoms with van der Waals surface area (Å²) in [7, 11) is 0. The standard InChI is InChI=1S/C14H15BrN2OS/c15-11-7-13(19-9-11)8-17-14(18)6-3-10-1-4-12(16)5-2-10/h1-2,4-5,7,9H,3,6,8,16H2,(H,17,18). The molecule has 0 saturated heterocycles. The largest absolute Gasteiger partial charge is 0.399 e. The Balaban J connectivity index is 1.74. The van der Waals surface area contributed by atoms with Crippen LogP contribution in [0.5, 0.6) is 0 Å². The topological polar surface area (TPSA) is 55.1 Å². The molecule has 2 rings (SSSR count). The molecule has 3 nitrogen and oxygen atoms in total. The van der Waals surface area contributed by atoms with Crippen LogP contribution in [0.3, 0.4) is 0 Å². The Morgan fingerprint density at radius 1 is 1.32 bits per heavy atom. The van der Waals surface area contributed by atoms with E-state index in [2.05, 4.69) is 21.2 Å². The van der Waals surface area contributed by atoms with Gasteiger partial charge >= 0.3 is 0 Å². The molecule has 0 saturated carbocycles. The van der Waals surface area contributed by atoms with E-state index in [1.807, 2.05) is 35.7 Å². The lowest BCUT2D eigenvalue weighted by atomic mass is 10.1. The molecule has 100 valence electrons. The summed E-state index contributed by atoms with van der Waals surface area (Å²) in [6, 6.07) is 9.65. The van der Waals surface area contributed by atoms with Gasteiger partial charge in [0, 0.05) is 26.8 Å². The van der Waals surface area contributed by atoms with Gasteiger partial charge in [0.15, 0.2) is 0 Å². The van der Waals surface area contributed by atoms with E-state index in [1.54, 1.807) is 11.3 Å². The Kier molecular flexibility index (Phi) is 4.99. The normalized spacial score (nSPS) is 10.4. The Hall–Kier alpha value is -1.33. The summed E-state index contributed by atoms with van der Waals surface area (Å²) in [6.45, 7) is 0.594. The monoisotopic (exact) mass is 338 g/mol. The predicted molar refractivity (Wildman–Crippen MR) is 83.0 cm³/mol. The van der Waals surface area contributed by atoms with E-state index in [0.29, 0.717) is 13.0 Å². The molecule has 1 aromatic carbocycles. The highest BCUT2D eigenvalue weighted by Crippen LogP contribution is 2.19. The van der Waals surface area contributed by atoms with Crippen molar-refractivity contribution in [1.29, 1.82) is 0 Å². The smallest absolute Gasteiger partial charge is 0.220 e. The third kappa shape index (κ3) is 4.69. The molecule has 5 heteroatoms. The highest BCUT2D eigenvalue weighted by atomic mass is 79.9. The molecule has 0 bridgehead atoms. The second-order valence-corrected chi connectivity index (χ2v) is 6.16. The second-order valence-electron chi connectivity index (χ2n) is 4.25. The molecule has 2 aromatic rings. The van der Waals surface area contributed by atoms with Gasteiger partial charge in [-0.1, -0.05) is 12.1 Å². The van der Waals surface area contributed by atoms with Gasteiger partial charge in [0.25, 0.3) is 0 Å². The van der Waals surface area contributed by atoms with Gasteiger partial charge in [-0.05, 0) is 46.1 Å². The highest BCUT2D eigenvalue weighted by molar-refractivity contribution is 9.10. The molecule has 0 aliphatic carbocycles. The maximum atomic E-state index is 11.7. The fourth-order valence-corrected chi connectivity index (χ4v) is 3.05. The number of carbonyl (C=O) groups is 1. The molecule has 1 amide bonds. The van der Waals surface area contributed by atoms with E-state index < -0.39 is 0 Å². The summed E-state index contributed by atoms with van der Waals surface area (Å²) in [4.78, 5) is 12.9. The Morgan fingerprint density at radius 2 is 2.05 bits per heavy atom. The number of hydrogen-bond donors (Lipinski definition) is 2. The molecular weight excluding hydrogens is 324 g/mol. The van der Waals surface area contributed by atoms with Gasteiger partial charge in [0.2, 0.25) is 5.91 Å². The molecular formula is C14H15BrN2OS. The van der Waals surface area contributed by atoms with Crippen molar-refractivity contribution >= 4 is 38.9 Å². The molecule has 0 radical (unpaired) electrons. The zero-order valence-electron chi connectivity index (χ0n) is 10.4. The lowest BCUT2D eigenvalue weighted by molar-refractivity contribution is -0.121. The van der Waals surface area contributed by atoms with Crippen molar-refractivity contribution < 1.29 is 4.79 Å². The van der Waals surface area contributed by atoms with Crippen molar-refractivity contribution in [3.8, 4) is 0 Å². The molecule has 3 N–H and O–H groups in total. The van der Waals surface area contributed by atoms with Gasteiger partial charge in [-0.15, -0.1) is 11.3 Å². The number of nitrogens with two attached hydrogens (primary N) is 1.